The highest BCUT2D eigenvalue weighted by Gasteiger charge is 2.12. The van der Waals surface area contributed by atoms with Crippen LogP contribution in [0.3, 0.4) is 0 Å². The lowest BCUT2D eigenvalue weighted by atomic mass is 10.1. The van der Waals surface area contributed by atoms with Crippen LogP contribution in [0.4, 0.5) is 10.8 Å². The van der Waals surface area contributed by atoms with E-state index in [2.05, 4.69) is 23.5 Å². The molecule has 0 saturated carbocycles. The summed E-state index contributed by atoms with van der Waals surface area (Å²) in [6.45, 7) is 6.50. The Kier molecular flexibility index (Phi) is 5.60. The molecule has 0 spiro atoms. The van der Waals surface area contributed by atoms with E-state index in [1.54, 1.807) is 0 Å². The number of hydrogen-bond acceptors (Lipinski definition) is 4. The monoisotopic (exact) mass is 241 g/mol. The zero-order valence-electron chi connectivity index (χ0n) is 10.5. The summed E-state index contributed by atoms with van der Waals surface area (Å²) in [4.78, 5) is 0. The van der Waals surface area contributed by atoms with Crippen LogP contribution in [0.25, 0.3) is 0 Å². The largest absolute Gasteiger partial charge is 0.383 e. The van der Waals surface area contributed by atoms with Crippen LogP contribution in [0.15, 0.2) is 0 Å². The number of hydrogen-bond donors (Lipinski definition) is 2. The van der Waals surface area contributed by atoms with Gasteiger partial charge in [0.15, 0.2) is 0 Å². The van der Waals surface area contributed by atoms with Crippen molar-refractivity contribution in [3.63, 3.8) is 0 Å². The minimum absolute atomic E-state index is 0.573. The minimum atomic E-state index is 0.573. The van der Waals surface area contributed by atoms with Gasteiger partial charge in [-0.2, -0.15) is 4.37 Å². The molecule has 0 fully saturated rings. The smallest absolute Gasteiger partial charge is 0.142 e. The Balaban J connectivity index is 2.56. The summed E-state index contributed by atoms with van der Waals surface area (Å²) in [5.41, 5.74) is 6.85. The lowest BCUT2D eigenvalue weighted by Crippen LogP contribution is -2.18. The van der Waals surface area contributed by atoms with Crippen molar-refractivity contribution in [1.82, 2.24) is 4.37 Å². The molecule has 3 nitrogen and oxygen atoms in total. The van der Waals surface area contributed by atoms with Crippen LogP contribution in [0.5, 0.6) is 0 Å². The number of nitrogens with two attached hydrogens (primary N) is 1. The van der Waals surface area contributed by atoms with E-state index >= 15 is 0 Å². The van der Waals surface area contributed by atoms with Crippen LogP contribution >= 0.6 is 11.5 Å². The molecular formula is C12H23N3S. The molecule has 0 amide bonds. The van der Waals surface area contributed by atoms with Crippen LogP contribution < -0.4 is 11.1 Å². The summed E-state index contributed by atoms with van der Waals surface area (Å²) in [5, 5.41) is 4.73. The van der Waals surface area contributed by atoms with E-state index < -0.39 is 0 Å². The van der Waals surface area contributed by atoms with Gasteiger partial charge >= 0.3 is 0 Å². The molecule has 92 valence electrons. The topological polar surface area (TPSA) is 50.9 Å². The second kappa shape index (κ2) is 6.74. The molecular weight excluding hydrogens is 218 g/mol. The molecule has 4 heteroatoms. The molecule has 3 N–H and O–H groups in total. The second-order valence-electron chi connectivity index (χ2n) is 4.29. The van der Waals surface area contributed by atoms with E-state index in [0.717, 1.165) is 10.6 Å². The summed E-state index contributed by atoms with van der Waals surface area (Å²) < 4.78 is 4.17. The Morgan fingerprint density at radius 3 is 2.56 bits per heavy atom. The number of unbranched alkanes of at least 4 members (excludes halogenated alkanes) is 1. The van der Waals surface area contributed by atoms with Crippen LogP contribution in [0, 0.1) is 6.92 Å². The molecule has 0 saturated heterocycles. The van der Waals surface area contributed by atoms with E-state index in [4.69, 9.17) is 5.73 Å². The molecule has 1 unspecified atom stereocenters. The van der Waals surface area contributed by atoms with Gasteiger partial charge in [-0.3, -0.25) is 0 Å². The molecule has 0 aliphatic carbocycles. The average molecular weight is 241 g/mol. The SMILES string of the molecule is CCCCC(CCC)Nc1snc(N)c1C. The summed E-state index contributed by atoms with van der Waals surface area (Å²) in [6.07, 6.45) is 6.21. The Bertz CT molecular complexity index is 309. The van der Waals surface area contributed by atoms with Gasteiger partial charge in [0.05, 0.1) is 0 Å². The first-order chi connectivity index (χ1) is 7.69. The average Bonchev–Trinajstić information content (AvgIpc) is 2.58. The molecule has 1 aromatic rings. The Hall–Kier alpha value is -0.770. The molecule has 1 rings (SSSR count). The van der Waals surface area contributed by atoms with Crippen molar-refractivity contribution in [1.29, 1.82) is 0 Å². The van der Waals surface area contributed by atoms with Gasteiger partial charge in [-0.1, -0.05) is 33.1 Å². The van der Waals surface area contributed by atoms with Gasteiger partial charge in [-0.25, -0.2) is 0 Å². The minimum Gasteiger partial charge on any atom is -0.383 e. The molecule has 0 aliphatic heterocycles. The van der Waals surface area contributed by atoms with Gasteiger partial charge in [0, 0.05) is 11.6 Å². The zero-order valence-corrected chi connectivity index (χ0v) is 11.4. The van der Waals surface area contributed by atoms with Gasteiger partial charge < -0.3 is 11.1 Å². The maximum Gasteiger partial charge on any atom is 0.142 e. The summed E-state index contributed by atoms with van der Waals surface area (Å²) in [6, 6.07) is 0.573. The quantitative estimate of drug-likeness (QED) is 0.763. The molecule has 0 aromatic carbocycles. The fourth-order valence-corrected chi connectivity index (χ4v) is 2.54. The van der Waals surface area contributed by atoms with Crippen LogP contribution in [-0.2, 0) is 0 Å². The summed E-state index contributed by atoms with van der Waals surface area (Å²) in [7, 11) is 0. The van der Waals surface area contributed by atoms with Crippen molar-refractivity contribution in [2.24, 2.45) is 0 Å². The number of nitrogens with zero attached hydrogens (tertiary/aromatic N) is 1. The standard InChI is InChI=1S/C12H23N3S/c1-4-6-8-10(7-5-2)14-12-9(3)11(13)15-16-12/h10,14H,4-8H2,1-3H3,(H2,13,15). The lowest BCUT2D eigenvalue weighted by Gasteiger charge is -2.18. The number of anilines is 2. The number of nitrogen functional groups attached to an aromatic ring is 1. The molecule has 0 aliphatic rings. The lowest BCUT2D eigenvalue weighted by molar-refractivity contribution is 0.565. The van der Waals surface area contributed by atoms with Crippen molar-refractivity contribution in [3.8, 4) is 0 Å². The normalized spacial score (nSPS) is 12.7. The maximum atomic E-state index is 5.75. The van der Waals surface area contributed by atoms with Crippen molar-refractivity contribution < 1.29 is 0 Å². The maximum absolute atomic E-state index is 5.75. The van der Waals surface area contributed by atoms with Gasteiger partial charge in [-0.05, 0) is 31.3 Å². The Labute approximate surface area is 103 Å². The van der Waals surface area contributed by atoms with Gasteiger partial charge in [0.1, 0.15) is 10.8 Å². The second-order valence-corrected chi connectivity index (χ2v) is 5.07. The first kappa shape index (κ1) is 13.3. The molecule has 16 heavy (non-hydrogen) atoms. The first-order valence-corrected chi connectivity index (χ1v) is 6.94. The van der Waals surface area contributed by atoms with Crippen molar-refractivity contribution in [3.05, 3.63) is 5.56 Å². The summed E-state index contributed by atoms with van der Waals surface area (Å²) >= 11 is 1.48. The molecule has 1 heterocycles. The third kappa shape index (κ3) is 3.67. The Morgan fingerprint density at radius 1 is 1.31 bits per heavy atom. The zero-order chi connectivity index (χ0) is 12.0. The predicted octanol–water partition coefficient (Wildman–Crippen LogP) is 3.80. The number of rotatable bonds is 7. The van der Waals surface area contributed by atoms with Crippen molar-refractivity contribution in [2.75, 3.05) is 11.1 Å². The van der Waals surface area contributed by atoms with Gasteiger partial charge in [0.25, 0.3) is 0 Å². The van der Waals surface area contributed by atoms with E-state index in [1.165, 1.54) is 43.6 Å². The number of nitrogens with one attached hydrogen (secondary N) is 1. The van der Waals surface area contributed by atoms with E-state index in [-0.39, 0.29) is 0 Å². The molecule has 1 atom stereocenters. The van der Waals surface area contributed by atoms with E-state index in [0.29, 0.717) is 11.9 Å². The van der Waals surface area contributed by atoms with E-state index in [9.17, 15) is 0 Å². The molecule has 0 bridgehead atoms. The Morgan fingerprint density at radius 2 is 2.06 bits per heavy atom. The van der Waals surface area contributed by atoms with Crippen LogP contribution in [0.1, 0.15) is 51.5 Å². The van der Waals surface area contributed by atoms with Crippen LogP contribution in [-0.4, -0.2) is 10.4 Å². The fourth-order valence-electron chi connectivity index (χ4n) is 1.76. The third-order valence-corrected chi connectivity index (χ3v) is 3.73. The van der Waals surface area contributed by atoms with E-state index in [1.807, 2.05) is 6.92 Å². The van der Waals surface area contributed by atoms with Crippen LogP contribution in [0.2, 0.25) is 0 Å². The summed E-state index contributed by atoms with van der Waals surface area (Å²) in [5.74, 6) is 0.665. The molecule has 0 radical (unpaired) electrons. The van der Waals surface area contributed by atoms with Crippen molar-refractivity contribution in [2.45, 2.75) is 58.9 Å². The molecule has 1 aromatic heterocycles. The predicted molar refractivity (Wildman–Crippen MR) is 73.1 cm³/mol. The highest BCUT2D eigenvalue weighted by molar-refractivity contribution is 7.10. The van der Waals surface area contributed by atoms with Gasteiger partial charge in [-0.15, -0.1) is 0 Å². The van der Waals surface area contributed by atoms with Gasteiger partial charge in [0.2, 0.25) is 0 Å². The highest BCUT2D eigenvalue weighted by atomic mass is 32.1. The first-order valence-electron chi connectivity index (χ1n) is 6.17. The fraction of sp³-hybridized carbons (Fsp3) is 0.750. The number of aromatic nitrogens is 1. The highest BCUT2D eigenvalue weighted by Crippen LogP contribution is 2.27. The third-order valence-electron chi connectivity index (χ3n) is 2.84. The van der Waals surface area contributed by atoms with Crippen molar-refractivity contribution >= 4 is 22.4 Å².